The van der Waals surface area contributed by atoms with Crippen molar-refractivity contribution in [2.45, 2.75) is 65.0 Å². The molecular formula is C38H37ClN8O7S. The molecule has 55 heavy (non-hydrogen) atoms. The summed E-state index contributed by atoms with van der Waals surface area (Å²) in [5.41, 5.74) is 3.82. The first-order valence-electron chi connectivity index (χ1n) is 17.8. The summed E-state index contributed by atoms with van der Waals surface area (Å²) in [5.74, 6) is -1.71. The van der Waals surface area contributed by atoms with Gasteiger partial charge < -0.3 is 15.4 Å². The average Bonchev–Trinajstić information content (AvgIpc) is 3.73. The van der Waals surface area contributed by atoms with Crippen LogP contribution in [0.4, 0.5) is 0 Å². The highest BCUT2D eigenvalue weighted by molar-refractivity contribution is 7.15. The Bertz CT molecular complexity index is 2280. The van der Waals surface area contributed by atoms with Crippen LogP contribution in [-0.4, -0.2) is 86.6 Å². The molecule has 3 N–H and O–H groups in total. The SMILES string of the molecule is Cc1sc2c(c1C)C(c1ccc(Cl)cc1)=N[C@@H](CC(=O)NCC(=O)NCCCCOc1cccc3c1C(=O)N(C1CCC(=O)NC1=O)C3=O)c1nnc(C)n1-2. The van der Waals surface area contributed by atoms with E-state index in [0.717, 1.165) is 37.2 Å². The third-order valence-corrected chi connectivity index (χ3v) is 11.2. The molecular weight excluding hydrogens is 748 g/mol. The molecule has 0 bridgehead atoms. The van der Waals surface area contributed by atoms with Crippen molar-refractivity contribution >= 4 is 64.1 Å². The highest BCUT2D eigenvalue weighted by Gasteiger charge is 2.46. The van der Waals surface area contributed by atoms with Gasteiger partial charge >= 0.3 is 0 Å². The number of aromatic nitrogens is 3. The minimum atomic E-state index is -1.07. The van der Waals surface area contributed by atoms with Crippen LogP contribution < -0.4 is 20.7 Å². The first-order chi connectivity index (χ1) is 26.4. The Balaban J connectivity index is 0.909. The number of carbonyl (C=O) groups excluding carboxylic acids is 6. The van der Waals surface area contributed by atoms with Crippen molar-refractivity contribution in [2.75, 3.05) is 19.7 Å². The molecule has 15 nitrogen and oxygen atoms in total. The van der Waals surface area contributed by atoms with Gasteiger partial charge in [-0.15, -0.1) is 21.5 Å². The van der Waals surface area contributed by atoms with Gasteiger partial charge in [0.1, 0.15) is 28.7 Å². The van der Waals surface area contributed by atoms with Gasteiger partial charge in [0.05, 0.1) is 36.4 Å². The second kappa shape index (κ2) is 15.5. The predicted octanol–water partition coefficient (Wildman–Crippen LogP) is 3.68. The Hall–Kier alpha value is -5.74. The summed E-state index contributed by atoms with van der Waals surface area (Å²) in [5, 5.41) is 17.9. The number of ether oxygens (including phenoxy) is 1. The maximum atomic E-state index is 13.3. The van der Waals surface area contributed by atoms with E-state index in [1.807, 2.05) is 30.5 Å². The molecule has 0 aliphatic carbocycles. The fourth-order valence-electron chi connectivity index (χ4n) is 6.86. The molecule has 6 amide bonds. The highest BCUT2D eigenvalue weighted by Crippen LogP contribution is 2.40. The molecule has 1 fully saturated rings. The van der Waals surface area contributed by atoms with Gasteiger partial charge in [-0.3, -0.25) is 48.5 Å². The number of imide groups is 2. The second-order valence-corrected chi connectivity index (χ2v) is 15.1. The molecule has 5 heterocycles. The second-order valence-electron chi connectivity index (χ2n) is 13.4. The number of fused-ring (bicyclic) bond motifs is 4. The number of rotatable bonds is 12. The molecule has 0 radical (unpaired) electrons. The Labute approximate surface area is 324 Å². The lowest BCUT2D eigenvalue weighted by atomic mass is 9.99. The van der Waals surface area contributed by atoms with Gasteiger partial charge in [-0.2, -0.15) is 0 Å². The zero-order chi connectivity index (χ0) is 39.0. The first-order valence-corrected chi connectivity index (χ1v) is 19.0. The summed E-state index contributed by atoms with van der Waals surface area (Å²) < 4.78 is 7.82. The molecule has 7 rings (SSSR count). The van der Waals surface area contributed by atoms with Gasteiger partial charge in [0.25, 0.3) is 11.8 Å². The number of aryl methyl sites for hydroxylation is 2. The molecule has 17 heteroatoms. The van der Waals surface area contributed by atoms with E-state index in [-0.39, 0.29) is 61.1 Å². The quantitative estimate of drug-likeness (QED) is 0.142. The lowest BCUT2D eigenvalue weighted by Crippen LogP contribution is -2.54. The van der Waals surface area contributed by atoms with Crippen LogP contribution in [0, 0.1) is 20.8 Å². The number of carbonyl (C=O) groups is 6. The van der Waals surface area contributed by atoms with Crippen LogP contribution in [0.3, 0.4) is 0 Å². The number of hydrogen-bond donors (Lipinski definition) is 3. The number of amides is 6. The normalized spacial score (nSPS) is 17.5. The van der Waals surface area contributed by atoms with Crippen LogP contribution in [0.1, 0.15) is 92.1 Å². The molecule has 2 atom stereocenters. The summed E-state index contributed by atoms with van der Waals surface area (Å²) in [4.78, 5) is 83.3. The number of nitrogens with one attached hydrogen (secondary N) is 3. The smallest absolute Gasteiger partial charge is 0.266 e. The van der Waals surface area contributed by atoms with E-state index in [1.54, 1.807) is 35.6 Å². The molecule has 2 aromatic heterocycles. The molecule has 1 unspecified atom stereocenters. The zero-order valence-corrected chi connectivity index (χ0v) is 31.8. The summed E-state index contributed by atoms with van der Waals surface area (Å²) in [6.45, 7) is 6.24. The fraction of sp³-hybridized carbons (Fsp3) is 0.342. The number of piperidine rings is 1. The summed E-state index contributed by atoms with van der Waals surface area (Å²) in [6, 6.07) is 10.3. The molecule has 0 spiro atoms. The van der Waals surface area contributed by atoms with Crippen molar-refractivity contribution in [3.05, 3.63) is 91.8 Å². The summed E-state index contributed by atoms with van der Waals surface area (Å²) in [6.07, 6.45) is 1.07. The van der Waals surface area contributed by atoms with Crippen LogP contribution in [0.5, 0.6) is 5.75 Å². The maximum absolute atomic E-state index is 13.3. The lowest BCUT2D eigenvalue weighted by Gasteiger charge is -2.27. The number of aliphatic imine (C=N–C) groups is 1. The van der Waals surface area contributed by atoms with Gasteiger partial charge in [-0.25, -0.2) is 0 Å². The van der Waals surface area contributed by atoms with E-state index in [9.17, 15) is 28.8 Å². The van der Waals surface area contributed by atoms with E-state index in [2.05, 4.69) is 33.1 Å². The minimum absolute atomic E-state index is 0.0270. The van der Waals surface area contributed by atoms with Crippen molar-refractivity contribution in [2.24, 2.45) is 4.99 Å². The van der Waals surface area contributed by atoms with E-state index in [0.29, 0.717) is 36.1 Å². The number of thiophene rings is 1. The maximum Gasteiger partial charge on any atom is 0.266 e. The monoisotopic (exact) mass is 784 g/mol. The Kier molecular flexibility index (Phi) is 10.6. The van der Waals surface area contributed by atoms with E-state index >= 15 is 0 Å². The van der Waals surface area contributed by atoms with Crippen LogP contribution >= 0.6 is 22.9 Å². The molecule has 3 aliphatic heterocycles. The summed E-state index contributed by atoms with van der Waals surface area (Å²) in [7, 11) is 0. The number of nitrogens with zero attached hydrogens (tertiary/aromatic N) is 5. The molecule has 1 saturated heterocycles. The van der Waals surface area contributed by atoms with E-state index < -0.39 is 35.7 Å². The van der Waals surface area contributed by atoms with E-state index in [4.69, 9.17) is 21.3 Å². The summed E-state index contributed by atoms with van der Waals surface area (Å²) >= 11 is 7.81. The van der Waals surface area contributed by atoms with Crippen molar-refractivity contribution in [3.8, 4) is 10.8 Å². The zero-order valence-electron chi connectivity index (χ0n) is 30.2. The number of halogens is 1. The predicted molar refractivity (Wildman–Crippen MR) is 202 cm³/mol. The Morgan fingerprint density at radius 3 is 2.51 bits per heavy atom. The fourth-order valence-corrected chi connectivity index (χ4v) is 8.20. The lowest BCUT2D eigenvalue weighted by molar-refractivity contribution is -0.136. The van der Waals surface area contributed by atoms with Gasteiger partial charge in [-0.1, -0.05) is 29.8 Å². The van der Waals surface area contributed by atoms with Crippen LogP contribution in [0.15, 0.2) is 47.5 Å². The van der Waals surface area contributed by atoms with Crippen LogP contribution in [0.2, 0.25) is 5.02 Å². The number of hydrogen-bond acceptors (Lipinski definition) is 11. The van der Waals surface area contributed by atoms with Crippen molar-refractivity contribution in [3.63, 3.8) is 0 Å². The largest absolute Gasteiger partial charge is 0.493 e. The minimum Gasteiger partial charge on any atom is -0.493 e. The van der Waals surface area contributed by atoms with E-state index in [1.165, 1.54) is 6.07 Å². The number of unbranched alkanes of at least 4 members (excludes halogenated alkanes) is 1. The molecule has 4 aromatic rings. The van der Waals surface area contributed by atoms with Gasteiger partial charge in [0.2, 0.25) is 23.6 Å². The topological polar surface area (TPSA) is 194 Å². The first kappa shape index (κ1) is 37.6. The molecule has 0 saturated carbocycles. The third kappa shape index (κ3) is 7.38. The Morgan fingerprint density at radius 2 is 1.75 bits per heavy atom. The average molecular weight is 785 g/mol. The highest BCUT2D eigenvalue weighted by atomic mass is 35.5. The Morgan fingerprint density at radius 1 is 0.964 bits per heavy atom. The molecule has 3 aliphatic rings. The van der Waals surface area contributed by atoms with Gasteiger partial charge in [-0.05, 0) is 69.9 Å². The van der Waals surface area contributed by atoms with Crippen molar-refractivity contribution < 1.29 is 33.5 Å². The standard InChI is InChI=1S/C38H37ClN8O7S/c1-19-20(2)55-38-31(19)33(22-9-11-23(39)12-10-22)42-25(34-45-44-21(3)46(34)38)17-29(49)41-18-30(50)40-15-4-5-16-54-27-8-6-7-24-32(27)37(53)47(36(24)52)26-13-14-28(48)43-35(26)51/h6-12,25-26H,4-5,13-18H2,1-3H3,(H,40,50)(H,41,49)(H,43,48,51)/t25-,26?/m0/s1. The van der Waals surface area contributed by atoms with Crippen LogP contribution in [-0.2, 0) is 19.2 Å². The van der Waals surface area contributed by atoms with Crippen molar-refractivity contribution in [1.82, 2.24) is 35.6 Å². The number of benzene rings is 2. The van der Waals surface area contributed by atoms with Crippen molar-refractivity contribution in [1.29, 1.82) is 0 Å². The molecule has 2 aromatic carbocycles. The van der Waals surface area contributed by atoms with Gasteiger partial charge in [0, 0.05) is 34.0 Å². The van der Waals surface area contributed by atoms with Gasteiger partial charge in [0.15, 0.2) is 5.82 Å². The third-order valence-electron chi connectivity index (χ3n) is 9.76. The molecule has 284 valence electrons. The van der Waals surface area contributed by atoms with Crippen LogP contribution in [0.25, 0.3) is 5.00 Å².